The SMILES string of the molecule is Brc1ccc(-c2ccc([P+](c3ccccc3)(c3ccccc3)c3ccccc3)cc2)cc1. The van der Waals surface area contributed by atoms with Crippen LogP contribution in [-0.2, 0) is 0 Å². The molecule has 5 aromatic rings. The summed E-state index contributed by atoms with van der Waals surface area (Å²) < 4.78 is 1.10. The Morgan fingerprint density at radius 2 is 0.656 bits per heavy atom. The molecular weight excluding hydrogens is 471 g/mol. The second kappa shape index (κ2) is 9.25. The van der Waals surface area contributed by atoms with Crippen LogP contribution in [0.15, 0.2) is 144 Å². The minimum absolute atomic E-state index is 1.10. The van der Waals surface area contributed by atoms with E-state index in [4.69, 9.17) is 0 Å². The molecule has 154 valence electrons. The van der Waals surface area contributed by atoms with E-state index in [0.29, 0.717) is 0 Å². The van der Waals surface area contributed by atoms with E-state index in [-0.39, 0.29) is 0 Å². The summed E-state index contributed by atoms with van der Waals surface area (Å²) in [5.41, 5.74) is 2.45. The highest BCUT2D eigenvalue weighted by Gasteiger charge is 2.47. The van der Waals surface area contributed by atoms with Crippen molar-refractivity contribution in [2.75, 3.05) is 0 Å². The molecule has 0 unspecified atom stereocenters. The van der Waals surface area contributed by atoms with E-state index in [1.54, 1.807) is 0 Å². The third-order valence-corrected chi connectivity index (χ3v) is 10.7. The lowest BCUT2D eigenvalue weighted by molar-refractivity contribution is 1.60. The summed E-state index contributed by atoms with van der Waals surface area (Å²) in [5.74, 6) is 0. The van der Waals surface area contributed by atoms with Gasteiger partial charge in [-0.25, -0.2) is 0 Å². The molecule has 5 rings (SSSR count). The molecule has 0 saturated carbocycles. The van der Waals surface area contributed by atoms with Gasteiger partial charge in [0, 0.05) is 4.47 Å². The molecule has 0 aromatic heterocycles. The summed E-state index contributed by atoms with van der Waals surface area (Å²) in [4.78, 5) is 0. The van der Waals surface area contributed by atoms with Gasteiger partial charge in [-0.3, -0.25) is 0 Å². The zero-order valence-corrected chi connectivity index (χ0v) is 20.1. The minimum Gasteiger partial charge on any atom is -0.0620 e. The lowest BCUT2D eigenvalue weighted by atomic mass is 10.1. The second-order valence-electron chi connectivity index (χ2n) is 7.73. The molecule has 0 aliphatic heterocycles. The molecular formula is C30H23BrP+. The summed E-state index contributed by atoms with van der Waals surface area (Å²) in [6.45, 7) is 0. The first kappa shape index (κ1) is 20.9. The lowest BCUT2D eigenvalue weighted by Crippen LogP contribution is -2.38. The van der Waals surface area contributed by atoms with Gasteiger partial charge in [0.15, 0.2) is 0 Å². The van der Waals surface area contributed by atoms with Crippen LogP contribution in [0.3, 0.4) is 0 Å². The molecule has 0 amide bonds. The van der Waals surface area contributed by atoms with Crippen molar-refractivity contribution in [1.82, 2.24) is 0 Å². The Balaban J connectivity index is 1.76. The fourth-order valence-corrected chi connectivity index (χ4v) is 8.88. The van der Waals surface area contributed by atoms with Crippen molar-refractivity contribution >= 4 is 44.4 Å². The first-order valence-corrected chi connectivity index (χ1v) is 13.3. The molecule has 2 heteroatoms. The maximum absolute atomic E-state index is 3.54. The molecule has 0 nitrogen and oxygen atoms in total. The third-order valence-electron chi connectivity index (χ3n) is 5.86. The van der Waals surface area contributed by atoms with Crippen molar-refractivity contribution in [2.24, 2.45) is 0 Å². The largest absolute Gasteiger partial charge is 0.144 e. The Morgan fingerprint density at radius 3 is 1.03 bits per heavy atom. The van der Waals surface area contributed by atoms with Gasteiger partial charge in [-0.05, 0) is 71.8 Å². The Bertz CT molecular complexity index is 1180. The molecule has 0 atom stereocenters. The van der Waals surface area contributed by atoms with E-state index < -0.39 is 7.26 Å². The molecule has 0 bridgehead atoms. The molecule has 0 fully saturated rings. The van der Waals surface area contributed by atoms with Gasteiger partial charge in [-0.1, -0.05) is 94.8 Å². The van der Waals surface area contributed by atoms with Crippen molar-refractivity contribution in [3.63, 3.8) is 0 Å². The zero-order valence-electron chi connectivity index (χ0n) is 17.6. The van der Waals surface area contributed by atoms with Gasteiger partial charge in [0.05, 0.1) is 0 Å². The average Bonchev–Trinajstić information content (AvgIpc) is 2.88. The first-order chi connectivity index (χ1) is 15.8. The van der Waals surface area contributed by atoms with Gasteiger partial charge in [0.2, 0.25) is 0 Å². The summed E-state index contributed by atoms with van der Waals surface area (Å²) in [6.07, 6.45) is 0. The Labute approximate surface area is 199 Å². The zero-order chi connectivity index (χ0) is 21.8. The fourth-order valence-electron chi connectivity index (χ4n) is 4.37. The van der Waals surface area contributed by atoms with E-state index in [2.05, 4.69) is 155 Å². The van der Waals surface area contributed by atoms with Crippen LogP contribution in [0.25, 0.3) is 11.1 Å². The van der Waals surface area contributed by atoms with E-state index in [9.17, 15) is 0 Å². The van der Waals surface area contributed by atoms with Crippen molar-refractivity contribution in [1.29, 1.82) is 0 Å². The topological polar surface area (TPSA) is 0 Å². The maximum atomic E-state index is 3.54. The van der Waals surface area contributed by atoms with Gasteiger partial charge in [0.1, 0.15) is 28.5 Å². The molecule has 32 heavy (non-hydrogen) atoms. The third kappa shape index (κ3) is 3.84. The van der Waals surface area contributed by atoms with Crippen LogP contribution in [0.2, 0.25) is 0 Å². The summed E-state index contributed by atoms with van der Waals surface area (Å²) >= 11 is 3.54. The van der Waals surface area contributed by atoms with E-state index in [1.165, 1.54) is 32.3 Å². The van der Waals surface area contributed by atoms with Crippen LogP contribution in [0.4, 0.5) is 0 Å². The van der Waals surface area contributed by atoms with E-state index in [0.717, 1.165) is 4.47 Å². The molecule has 0 aliphatic carbocycles. The number of rotatable bonds is 5. The van der Waals surface area contributed by atoms with Gasteiger partial charge in [0.25, 0.3) is 0 Å². The molecule has 0 heterocycles. The predicted octanol–water partition coefficient (Wildman–Crippen LogP) is 6.74. The van der Waals surface area contributed by atoms with Crippen LogP contribution in [0.1, 0.15) is 0 Å². The van der Waals surface area contributed by atoms with Crippen molar-refractivity contribution < 1.29 is 0 Å². The lowest BCUT2D eigenvalue weighted by Gasteiger charge is -2.27. The maximum Gasteiger partial charge on any atom is 0.144 e. The van der Waals surface area contributed by atoms with Crippen molar-refractivity contribution in [2.45, 2.75) is 0 Å². The Hall–Kier alpha value is -2.99. The van der Waals surface area contributed by atoms with Crippen molar-refractivity contribution in [3.8, 4) is 11.1 Å². The first-order valence-electron chi connectivity index (χ1n) is 10.7. The van der Waals surface area contributed by atoms with Crippen LogP contribution in [-0.4, -0.2) is 0 Å². The van der Waals surface area contributed by atoms with Gasteiger partial charge in [-0.15, -0.1) is 0 Å². The molecule has 0 aliphatic rings. The predicted molar refractivity (Wildman–Crippen MR) is 144 cm³/mol. The normalized spacial score (nSPS) is 11.3. The molecule has 0 spiro atoms. The standard InChI is InChI=1S/C30H23BrP/c31-26-20-16-24(17-21-26)25-18-22-30(23-19-25)32(27-10-4-1-5-11-27,28-12-6-2-7-13-28)29-14-8-3-9-15-29/h1-23H/q+1. The van der Waals surface area contributed by atoms with E-state index >= 15 is 0 Å². The Morgan fingerprint density at radius 1 is 0.344 bits per heavy atom. The second-order valence-corrected chi connectivity index (χ2v) is 12.1. The number of benzene rings is 5. The molecule has 0 N–H and O–H groups in total. The summed E-state index contributed by atoms with van der Waals surface area (Å²) in [6, 6.07) is 50.7. The molecule has 5 aromatic carbocycles. The highest BCUT2D eigenvalue weighted by molar-refractivity contribution is 9.10. The summed E-state index contributed by atoms with van der Waals surface area (Å²) in [7, 11) is -2.03. The van der Waals surface area contributed by atoms with Gasteiger partial charge in [-0.2, -0.15) is 0 Å². The number of hydrogen-bond donors (Lipinski definition) is 0. The highest BCUT2D eigenvalue weighted by Crippen LogP contribution is 2.54. The average molecular weight is 494 g/mol. The van der Waals surface area contributed by atoms with Crippen LogP contribution >= 0.6 is 23.2 Å². The number of hydrogen-bond acceptors (Lipinski definition) is 0. The molecule has 0 saturated heterocycles. The van der Waals surface area contributed by atoms with Crippen LogP contribution < -0.4 is 21.2 Å². The van der Waals surface area contributed by atoms with E-state index in [1.807, 2.05) is 0 Å². The minimum atomic E-state index is -2.03. The van der Waals surface area contributed by atoms with Crippen molar-refractivity contribution in [3.05, 3.63) is 144 Å². The van der Waals surface area contributed by atoms with Crippen LogP contribution in [0.5, 0.6) is 0 Å². The smallest absolute Gasteiger partial charge is 0.0620 e. The van der Waals surface area contributed by atoms with Gasteiger partial charge < -0.3 is 0 Å². The van der Waals surface area contributed by atoms with Crippen LogP contribution in [0, 0.1) is 0 Å². The fraction of sp³-hybridized carbons (Fsp3) is 0. The monoisotopic (exact) mass is 493 g/mol. The Kier molecular flexibility index (Phi) is 6.04. The molecule has 0 radical (unpaired) electrons. The van der Waals surface area contributed by atoms with Gasteiger partial charge >= 0.3 is 0 Å². The number of halogens is 1. The summed E-state index contributed by atoms with van der Waals surface area (Å²) in [5, 5.41) is 5.47. The highest BCUT2D eigenvalue weighted by atomic mass is 79.9. The quantitative estimate of drug-likeness (QED) is 0.238.